The van der Waals surface area contributed by atoms with Crippen molar-refractivity contribution in [3.05, 3.63) is 70.7 Å². The van der Waals surface area contributed by atoms with Crippen LogP contribution in [0.3, 0.4) is 0 Å². The van der Waals surface area contributed by atoms with Crippen LogP contribution in [-0.2, 0) is 0 Å². The summed E-state index contributed by atoms with van der Waals surface area (Å²) in [5, 5.41) is 15.4. The van der Waals surface area contributed by atoms with Crippen LogP contribution < -0.4 is 5.32 Å². The van der Waals surface area contributed by atoms with Gasteiger partial charge in [-0.25, -0.2) is 0 Å². The zero-order valence-corrected chi connectivity index (χ0v) is 13.3. The smallest absolute Gasteiger partial charge is 0.115 e. The largest absolute Gasteiger partial charge is 0.508 e. The Kier molecular flexibility index (Phi) is 3.84. The van der Waals surface area contributed by atoms with Gasteiger partial charge in [-0.2, -0.15) is 0 Å². The number of phenols is 1. The van der Waals surface area contributed by atoms with Crippen molar-refractivity contribution < 1.29 is 5.11 Å². The van der Waals surface area contributed by atoms with E-state index < -0.39 is 0 Å². The van der Waals surface area contributed by atoms with Crippen LogP contribution in [0.25, 0.3) is 10.8 Å². The highest BCUT2D eigenvalue weighted by atomic mass is 79.9. The highest BCUT2D eigenvalue weighted by molar-refractivity contribution is 9.10. The van der Waals surface area contributed by atoms with Crippen LogP contribution in [0.1, 0.15) is 18.5 Å². The van der Waals surface area contributed by atoms with E-state index in [9.17, 15) is 5.11 Å². The Morgan fingerprint density at radius 1 is 0.952 bits per heavy atom. The van der Waals surface area contributed by atoms with Crippen LogP contribution in [0.4, 0.5) is 5.69 Å². The number of nitrogens with one attached hydrogen (secondary N) is 1. The summed E-state index contributed by atoms with van der Waals surface area (Å²) in [6, 6.07) is 20.1. The first-order valence-corrected chi connectivity index (χ1v) is 7.66. The molecule has 0 aliphatic heterocycles. The molecule has 3 aromatic rings. The summed E-state index contributed by atoms with van der Waals surface area (Å²) in [5.74, 6) is 0.296. The van der Waals surface area contributed by atoms with E-state index in [4.69, 9.17) is 0 Å². The highest BCUT2D eigenvalue weighted by Gasteiger charge is 2.06. The van der Waals surface area contributed by atoms with E-state index in [-0.39, 0.29) is 6.04 Å². The molecule has 0 aromatic heterocycles. The molecule has 0 aliphatic rings. The number of hydrogen-bond acceptors (Lipinski definition) is 2. The van der Waals surface area contributed by atoms with Crippen molar-refractivity contribution in [2.75, 3.05) is 5.32 Å². The summed E-state index contributed by atoms with van der Waals surface area (Å²) in [6.07, 6.45) is 0. The van der Waals surface area contributed by atoms with Gasteiger partial charge in [0.2, 0.25) is 0 Å². The molecule has 1 unspecified atom stereocenters. The van der Waals surface area contributed by atoms with E-state index in [1.165, 1.54) is 10.8 Å². The third-order valence-electron chi connectivity index (χ3n) is 3.56. The molecule has 0 heterocycles. The lowest BCUT2D eigenvalue weighted by Gasteiger charge is -2.16. The fourth-order valence-electron chi connectivity index (χ4n) is 2.43. The van der Waals surface area contributed by atoms with Crippen molar-refractivity contribution in [1.82, 2.24) is 0 Å². The standard InChI is InChI=1S/C18H16BrNO/c1-12(13-3-2-4-18(21)11-13)20-17-8-6-14-9-16(19)7-5-15(14)10-17/h2-12,20-21H,1H3. The van der Waals surface area contributed by atoms with Gasteiger partial charge in [0.15, 0.2) is 0 Å². The monoisotopic (exact) mass is 341 g/mol. The zero-order chi connectivity index (χ0) is 14.8. The Morgan fingerprint density at radius 2 is 1.71 bits per heavy atom. The predicted molar refractivity (Wildman–Crippen MR) is 91.8 cm³/mol. The molecule has 0 saturated carbocycles. The number of benzene rings is 3. The minimum atomic E-state index is 0.130. The molecule has 3 rings (SSSR count). The summed E-state index contributed by atoms with van der Waals surface area (Å²) in [6.45, 7) is 2.08. The predicted octanol–water partition coefficient (Wildman–Crippen LogP) is 5.48. The molecule has 3 heteroatoms. The molecule has 0 aliphatic carbocycles. The second-order valence-electron chi connectivity index (χ2n) is 5.17. The van der Waals surface area contributed by atoms with Crippen LogP contribution in [-0.4, -0.2) is 5.11 Å². The number of hydrogen-bond donors (Lipinski definition) is 2. The molecule has 1 atom stereocenters. The van der Waals surface area contributed by atoms with E-state index in [0.29, 0.717) is 5.75 Å². The maximum Gasteiger partial charge on any atom is 0.115 e. The number of phenolic OH excluding ortho intramolecular Hbond substituents is 1. The van der Waals surface area contributed by atoms with Gasteiger partial charge in [-0.1, -0.05) is 40.2 Å². The van der Waals surface area contributed by atoms with Crippen molar-refractivity contribution in [3.63, 3.8) is 0 Å². The van der Waals surface area contributed by atoms with Gasteiger partial charge in [0, 0.05) is 16.2 Å². The fourth-order valence-corrected chi connectivity index (χ4v) is 2.81. The van der Waals surface area contributed by atoms with Crippen molar-refractivity contribution in [2.24, 2.45) is 0 Å². The van der Waals surface area contributed by atoms with Gasteiger partial charge in [0.05, 0.1) is 0 Å². The quantitative estimate of drug-likeness (QED) is 0.660. The maximum atomic E-state index is 9.56. The van der Waals surface area contributed by atoms with Gasteiger partial charge >= 0.3 is 0 Å². The van der Waals surface area contributed by atoms with Gasteiger partial charge in [0.25, 0.3) is 0 Å². The molecule has 2 nitrogen and oxygen atoms in total. The number of halogens is 1. The number of anilines is 1. The van der Waals surface area contributed by atoms with Crippen LogP contribution in [0, 0.1) is 0 Å². The van der Waals surface area contributed by atoms with Gasteiger partial charge in [-0.05, 0) is 59.7 Å². The van der Waals surface area contributed by atoms with Gasteiger partial charge < -0.3 is 10.4 Å². The van der Waals surface area contributed by atoms with E-state index in [0.717, 1.165) is 15.7 Å². The second-order valence-corrected chi connectivity index (χ2v) is 6.08. The molecule has 0 amide bonds. The van der Waals surface area contributed by atoms with Crippen LogP contribution >= 0.6 is 15.9 Å². The van der Waals surface area contributed by atoms with Crippen LogP contribution in [0.15, 0.2) is 65.1 Å². The molecule has 0 bridgehead atoms. The molecule has 0 fully saturated rings. The third kappa shape index (κ3) is 3.19. The lowest BCUT2D eigenvalue weighted by molar-refractivity contribution is 0.474. The lowest BCUT2D eigenvalue weighted by atomic mass is 10.1. The van der Waals surface area contributed by atoms with Crippen molar-refractivity contribution in [3.8, 4) is 5.75 Å². The van der Waals surface area contributed by atoms with Crippen molar-refractivity contribution >= 4 is 32.4 Å². The molecule has 106 valence electrons. The normalized spacial score (nSPS) is 12.3. The van der Waals surface area contributed by atoms with Gasteiger partial charge in [0.1, 0.15) is 5.75 Å². The number of rotatable bonds is 3. The second kappa shape index (κ2) is 5.78. The molecular weight excluding hydrogens is 326 g/mol. The molecule has 0 saturated heterocycles. The first-order chi connectivity index (χ1) is 10.1. The first-order valence-electron chi connectivity index (χ1n) is 6.86. The Balaban J connectivity index is 1.86. The first kappa shape index (κ1) is 14.0. The summed E-state index contributed by atoms with van der Waals surface area (Å²) in [4.78, 5) is 0. The highest BCUT2D eigenvalue weighted by Crippen LogP contribution is 2.26. The summed E-state index contributed by atoms with van der Waals surface area (Å²) in [5.41, 5.74) is 2.13. The minimum absolute atomic E-state index is 0.130. The zero-order valence-electron chi connectivity index (χ0n) is 11.7. The fraction of sp³-hybridized carbons (Fsp3) is 0.111. The SMILES string of the molecule is CC(Nc1ccc2cc(Br)ccc2c1)c1cccc(O)c1. The topological polar surface area (TPSA) is 32.3 Å². The van der Waals surface area contributed by atoms with Crippen molar-refractivity contribution in [1.29, 1.82) is 0 Å². The minimum Gasteiger partial charge on any atom is -0.508 e. The van der Waals surface area contributed by atoms with Gasteiger partial charge in [-0.15, -0.1) is 0 Å². The molecule has 3 aromatic carbocycles. The maximum absolute atomic E-state index is 9.56. The average Bonchev–Trinajstić information content (AvgIpc) is 2.47. The Morgan fingerprint density at radius 3 is 2.52 bits per heavy atom. The Labute approximate surface area is 132 Å². The van der Waals surface area contributed by atoms with Crippen LogP contribution in [0.5, 0.6) is 5.75 Å². The Hall–Kier alpha value is -2.00. The third-order valence-corrected chi connectivity index (χ3v) is 4.05. The molecular formula is C18H16BrNO. The van der Waals surface area contributed by atoms with Crippen LogP contribution in [0.2, 0.25) is 0 Å². The Bertz CT molecular complexity index is 785. The summed E-state index contributed by atoms with van der Waals surface area (Å²) >= 11 is 3.49. The van der Waals surface area contributed by atoms with Crippen molar-refractivity contribution in [2.45, 2.75) is 13.0 Å². The van der Waals surface area contributed by atoms with E-state index >= 15 is 0 Å². The molecule has 0 radical (unpaired) electrons. The lowest BCUT2D eigenvalue weighted by Crippen LogP contribution is -2.06. The molecule has 21 heavy (non-hydrogen) atoms. The molecule has 2 N–H and O–H groups in total. The summed E-state index contributed by atoms with van der Waals surface area (Å²) < 4.78 is 1.09. The van der Waals surface area contributed by atoms with E-state index in [2.05, 4.69) is 58.5 Å². The number of aromatic hydroxyl groups is 1. The van der Waals surface area contributed by atoms with E-state index in [1.807, 2.05) is 18.2 Å². The molecule has 0 spiro atoms. The summed E-state index contributed by atoms with van der Waals surface area (Å²) in [7, 11) is 0. The van der Waals surface area contributed by atoms with E-state index in [1.54, 1.807) is 12.1 Å². The average molecular weight is 342 g/mol. The van der Waals surface area contributed by atoms with Gasteiger partial charge in [-0.3, -0.25) is 0 Å². The number of fused-ring (bicyclic) bond motifs is 1.